The van der Waals surface area contributed by atoms with Crippen molar-refractivity contribution in [3.05, 3.63) is 64.5 Å². The number of amides is 1. The summed E-state index contributed by atoms with van der Waals surface area (Å²) >= 11 is 1.00. The van der Waals surface area contributed by atoms with Gasteiger partial charge in [-0.05, 0) is 25.0 Å². The molecular formula is C22H24F2N2O4S2. The Morgan fingerprint density at radius 3 is 2.66 bits per heavy atom. The van der Waals surface area contributed by atoms with E-state index in [1.165, 1.54) is 10.6 Å². The van der Waals surface area contributed by atoms with Gasteiger partial charge in [-0.1, -0.05) is 41.7 Å². The number of carbonyl (C=O) groups excluding carboxylic acids is 1. The van der Waals surface area contributed by atoms with Crippen LogP contribution in [0.4, 0.5) is 8.78 Å². The van der Waals surface area contributed by atoms with E-state index >= 15 is 0 Å². The Morgan fingerprint density at radius 2 is 1.94 bits per heavy atom. The predicted octanol–water partition coefficient (Wildman–Crippen LogP) is 3.84. The first-order chi connectivity index (χ1) is 15.3. The second-order valence-electron chi connectivity index (χ2n) is 7.15. The van der Waals surface area contributed by atoms with Gasteiger partial charge in [0.1, 0.15) is 5.82 Å². The summed E-state index contributed by atoms with van der Waals surface area (Å²) in [4.78, 5) is 16.7. The van der Waals surface area contributed by atoms with Crippen LogP contribution in [0.25, 0.3) is 10.2 Å². The molecule has 3 rings (SSSR count). The van der Waals surface area contributed by atoms with Crippen LogP contribution in [0.3, 0.4) is 0 Å². The minimum atomic E-state index is -3.36. The van der Waals surface area contributed by atoms with Gasteiger partial charge in [-0.3, -0.25) is 4.79 Å². The Labute approximate surface area is 189 Å². The summed E-state index contributed by atoms with van der Waals surface area (Å²) in [5.74, 6) is -2.20. The minimum Gasteiger partial charge on any atom is -0.380 e. The third-order valence-corrected chi connectivity index (χ3v) is 7.36. The number of aromatic nitrogens is 1. The van der Waals surface area contributed by atoms with Gasteiger partial charge in [0, 0.05) is 25.6 Å². The zero-order chi connectivity index (χ0) is 23.1. The fraction of sp³-hybridized carbons (Fsp3) is 0.364. The van der Waals surface area contributed by atoms with Crippen molar-refractivity contribution in [3.8, 4) is 0 Å². The Morgan fingerprint density at radius 1 is 1.19 bits per heavy atom. The molecule has 2 aromatic carbocycles. The molecule has 0 bridgehead atoms. The first-order valence-electron chi connectivity index (χ1n) is 10.2. The van der Waals surface area contributed by atoms with Crippen molar-refractivity contribution < 1.29 is 26.7 Å². The largest absolute Gasteiger partial charge is 0.380 e. The molecule has 172 valence electrons. The third kappa shape index (κ3) is 6.54. The molecule has 3 aromatic rings. The van der Waals surface area contributed by atoms with Gasteiger partial charge in [0.2, 0.25) is 5.91 Å². The van der Waals surface area contributed by atoms with Crippen molar-refractivity contribution in [2.75, 3.05) is 19.0 Å². The van der Waals surface area contributed by atoms with Gasteiger partial charge >= 0.3 is 0 Å². The van der Waals surface area contributed by atoms with E-state index in [0.29, 0.717) is 16.9 Å². The van der Waals surface area contributed by atoms with E-state index in [1.807, 2.05) is 13.0 Å². The van der Waals surface area contributed by atoms with Crippen LogP contribution in [-0.4, -0.2) is 37.9 Å². The van der Waals surface area contributed by atoms with Gasteiger partial charge < -0.3 is 9.30 Å². The number of halogens is 2. The van der Waals surface area contributed by atoms with Gasteiger partial charge in [-0.15, -0.1) is 0 Å². The Kier molecular flexibility index (Phi) is 8.27. The maximum atomic E-state index is 14.4. The van der Waals surface area contributed by atoms with Crippen LogP contribution in [0, 0.1) is 11.6 Å². The predicted molar refractivity (Wildman–Crippen MR) is 120 cm³/mol. The zero-order valence-corrected chi connectivity index (χ0v) is 19.2. The average Bonchev–Trinajstić information content (AvgIpc) is 3.05. The highest BCUT2D eigenvalue weighted by atomic mass is 32.2. The van der Waals surface area contributed by atoms with Crippen LogP contribution in [0.5, 0.6) is 0 Å². The summed E-state index contributed by atoms with van der Waals surface area (Å²) in [6.07, 6.45) is 0.0644. The number of fused-ring (bicyclic) bond motifs is 1. The number of ether oxygens (including phenoxy) is 1. The summed E-state index contributed by atoms with van der Waals surface area (Å²) in [7, 11) is -3.36. The number of hydrogen-bond acceptors (Lipinski definition) is 5. The lowest BCUT2D eigenvalue weighted by molar-refractivity contribution is -0.118. The summed E-state index contributed by atoms with van der Waals surface area (Å²) in [5.41, 5.74) is 0.853. The van der Waals surface area contributed by atoms with Crippen molar-refractivity contribution >= 4 is 37.3 Å². The normalized spacial score (nSPS) is 12.5. The van der Waals surface area contributed by atoms with Crippen molar-refractivity contribution in [2.24, 2.45) is 4.99 Å². The molecule has 0 aliphatic heterocycles. The first kappa shape index (κ1) is 24.2. The number of hydrogen-bond donors (Lipinski definition) is 0. The molecule has 0 aliphatic carbocycles. The Balaban J connectivity index is 1.73. The molecular weight excluding hydrogens is 458 g/mol. The van der Waals surface area contributed by atoms with E-state index in [9.17, 15) is 22.0 Å². The van der Waals surface area contributed by atoms with E-state index < -0.39 is 27.4 Å². The average molecular weight is 483 g/mol. The highest BCUT2D eigenvalue weighted by molar-refractivity contribution is 7.90. The van der Waals surface area contributed by atoms with E-state index in [1.54, 1.807) is 24.3 Å². The third-order valence-electron chi connectivity index (χ3n) is 4.65. The van der Waals surface area contributed by atoms with Crippen molar-refractivity contribution in [1.82, 2.24) is 4.57 Å². The fourth-order valence-corrected chi connectivity index (χ4v) is 5.77. The Bertz CT molecular complexity index is 1250. The van der Waals surface area contributed by atoms with Crippen LogP contribution in [0.15, 0.2) is 47.5 Å². The maximum absolute atomic E-state index is 14.4. The summed E-state index contributed by atoms with van der Waals surface area (Å²) in [6, 6.07) is 10.8. The molecule has 0 spiro atoms. The summed E-state index contributed by atoms with van der Waals surface area (Å²) in [5, 5.41) is 0. The van der Waals surface area contributed by atoms with E-state index in [4.69, 9.17) is 4.74 Å². The molecule has 0 aliphatic rings. The highest BCUT2D eigenvalue weighted by Gasteiger charge is 2.15. The number of benzene rings is 2. The second-order valence-corrected chi connectivity index (χ2v) is 10.3. The van der Waals surface area contributed by atoms with Gasteiger partial charge in [-0.25, -0.2) is 17.2 Å². The minimum absolute atomic E-state index is 0.0649. The van der Waals surface area contributed by atoms with Gasteiger partial charge in [0.05, 0.1) is 28.3 Å². The van der Waals surface area contributed by atoms with Crippen LogP contribution >= 0.6 is 11.3 Å². The van der Waals surface area contributed by atoms with Gasteiger partial charge in [0.25, 0.3) is 0 Å². The monoisotopic (exact) mass is 482 g/mol. The van der Waals surface area contributed by atoms with Gasteiger partial charge in [0.15, 0.2) is 20.5 Å². The molecule has 1 aromatic heterocycles. The molecule has 0 radical (unpaired) electrons. The Hall–Kier alpha value is -2.43. The van der Waals surface area contributed by atoms with Crippen LogP contribution < -0.4 is 4.80 Å². The maximum Gasteiger partial charge on any atom is 0.248 e. The molecule has 0 unspecified atom stereocenters. The van der Waals surface area contributed by atoms with Crippen molar-refractivity contribution in [2.45, 2.75) is 32.1 Å². The molecule has 0 N–H and O–H groups in total. The van der Waals surface area contributed by atoms with E-state index in [0.717, 1.165) is 17.4 Å². The molecule has 32 heavy (non-hydrogen) atoms. The molecule has 0 fully saturated rings. The summed E-state index contributed by atoms with van der Waals surface area (Å²) < 4.78 is 59.7. The van der Waals surface area contributed by atoms with Crippen LogP contribution in [-0.2, 0) is 31.7 Å². The van der Waals surface area contributed by atoms with Crippen LogP contribution in [0.2, 0.25) is 0 Å². The molecule has 6 nitrogen and oxygen atoms in total. The lowest BCUT2D eigenvalue weighted by atomic mass is 10.2. The lowest BCUT2D eigenvalue weighted by Gasteiger charge is -2.06. The standard InChI is InChI=1S/C22H24F2N2O4S2/c1-2-30-11-10-26-21-18(24)13-17(23)14-19(21)31-22(26)25-20(27)9-6-12-32(28,29)15-16-7-4-3-5-8-16/h3-5,7-8,13-14H,2,6,9-12,15H2,1H3. The van der Waals surface area contributed by atoms with Crippen molar-refractivity contribution in [1.29, 1.82) is 0 Å². The molecule has 0 saturated carbocycles. The van der Waals surface area contributed by atoms with Gasteiger partial charge in [-0.2, -0.15) is 4.99 Å². The second kappa shape index (κ2) is 10.9. The topological polar surface area (TPSA) is 77.7 Å². The first-order valence-corrected chi connectivity index (χ1v) is 12.8. The number of sulfone groups is 1. The number of nitrogens with zero attached hydrogens (tertiary/aromatic N) is 2. The SMILES string of the molecule is CCOCCn1c(=NC(=O)CCCS(=O)(=O)Cc2ccccc2)sc2cc(F)cc(F)c21. The number of rotatable bonds is 10. The molecule has 1 heterocycles. The highest BCUT2D eigenvalue weighted by Crippen LogP contribution is 2.22. The van der Waals surface area contributed by atoms with E-state index in [2.05, 4.69) is 4.99 Å². The quantitative estimate of drug-likeness (QED) is 0.412. The zero-order valence-electron chi connectivity index (χ0n) is 17.6. The van der Waals surface area contributed by atoms with Crippen molar-refractivity contribution in [3.63, 3.8) is 0 Å². The molecule has 1 amide bonds. The van der Waals surface area contributed by atoms with Crippen LogP contribution in [0.1, 0.15) is 25.3 Å². The molecule has 0 saturated heterocycles. The number of carbonyl (C=O) groups is 1. The number of thiazole rings is 1. The van der Waals surface area contributed by atoms with E-state index in [-0.39, 0.29) is 47.8 Å². The lowest BCUT2D eigenvalue weighted by Crippen LogP contribution is -2.20. The summed E-state index contributed by atoms with van der Waals surface area (Å²) in [6.45, 7) is 2.82. The molecule has 0 atom stereocenters. The smallest absolute Gasteiger partial charge is 0.248 e. The molecule has 10 heteroatoms. The fourth-order valence-electron chi connectivity index (χ4n) is 3.23.